The molecule has 2 saturated heterocycles. The maximum atomic E-state index is 14.0. The van der Waals surface area contributed by atoms with Gasteiger partial charge in [0, 0.05) is 55.8 Å². The number of amides is 1. The highest BCUT2D eigenvalue weighted by atomic mass is 35.5. The summed E-state index contributed by atoms with van der Waals surface area (Å²) >= 11 is 5.99. The van der Waals surface area contributed by atoms with E-state index in [1.807, 2.05) is 12.1 Å². The molecule has 2 aliphatic heterocycles. The van der Waals surface area contributed by atoms with Gasteiger partial charge in [0.2, 0.25) is 15.9 Å². The van der Waals surface area contributed by atoms with E-state index in [4.69, 9.17) is 16.3 Å². The van der Waals surface area contributed by atoms with Gasteiger partial charge in [-0.3, -0.25) is 9.69 Å². The second-order valence-corrected chi connectivity index (χ2v) is 11.4. The van der Waals surface area contributed by atoms with Crippen LogP contribution in [0.25, 0.3) is 0 Å². The molecular formula is C25H31ClFN3O4S. The summed E-state index contributed by atoms with van der Waals surface area (Å²) < 4.78 is 46.3. The number of benzene rings is 2. The zero-order chi connectivity index (χ0) is 24.8. The third-order valence-electron chi connectivity index (χ3n) is 6.61. The van der Waals surface area contributed by atoms with Crippen molar-refractivity contribution >= 4 is 27.5 Å². The van der Waals surface area contributed by atoms with Crippen molar-refractivity contribution in [3.8, 4) is 0 Å². The Morgan fingerprint density at radius 3 is 2.34 bits per heavy atom. The first kappa shape index (κ1) is 26.0. The van der Waals surface area contributed by atoms with E-state index in [2.05, 4.69) is 22.3 Å². The molecule has 10 heteroatoms. The highest BCUT2D eigenvalue weighted by Crippen LogP contribution is 2.26. The third-order valence-corrected chi connectivity index (χ3v) is 8.77. The number of hydrogen-bond acceptors (Lipinski definition) is 5. The van der Waals surface area contributed by atoms with Crippen LogP contribution in [0.1, 0.15) is 29.5 Å². The van der Waals surface area contributed by atoms with Gasteiger partial charge in [0.25, 0.3) is 0 Å². The van der Waals surface area contributed by atoms with Gasteiger partial charge in [0.1, 0.15) is 5.82 Å². The van der Waals surface area contributed by atoms with E-state index in [1.165, 1.54) is 28.1 Å². The topological polar surface area (TPSA) is 79.0 Å². The van der Waals surface area contributed by atoms with Crippen LogP contribution < -0.4 is 5.32 Å². The standard InChI is InChI=1S/C25H31ClFN3O4S/c26-23-2-1-3-24(27)22(23)18-35(32,33)30-10-8-21(9-11-30)25(31)28-16-19-4-6-20(7-5-19)17-29-12-14-34-15-13-29/h1-7,21H,8-18H2,(H,28,31). The molecule has 0 spiro atoms. The molecule has 0 bridgehead atoms. The molecule has 190 valence electrons. The Labute approximate surface area is 211 Å². The highest BCUT2D eigenvalue weighted by Gasteiger charge is 2.32. The van der Waals surface area contributed by atoms with Gasteiger partial charge >= 0.3 is 0 Å². The Balaban J connectivity index is 1.23. The molecule has 2 heterocycles. The lowest BCUT2D eigenvalue weighted by Gasteiger charge is -2.30. The molecule has 0 unspecified atom stereocenters. The van der Waals surface area contributed by atoms with Gasteiger partial charge in [0.15, 0.2) is 0 Å². The summed E-state index contributed by atoms with van der Waals surface area (Å²) in [4.78, 5) is 15.0. The molecule has 0 radical (unpaired) electrons. The van der Waals surface area contributed by atoms with Gasteiger partial charge in [-0.2, -0.15) is 0 Å². The molecule has 7 nitrogen and oxygen atoms in total. The van der Waals surface area contributed by atoms with E-state index < -0.39 is 21.6 Å². The van der Waals surface area contributed by atoms with E-state index >= 15 is 0 Å². The number of sulfonamides is 1. The number of halogens is 2. The molecular weight excluding hydrogens is 493 g/mol. The first-order valence-corrected chi connectivity index (χ1v) is 13.9. The largest absolute Gasteiger partial charge is 0.379 e. The molecule has 35 heavy (non-hydrogen) atoms. The van der Waals surface area contributed by atoms with Crippen LogP contribution in [0, 0.1) is 11.7 Å². The Morgan fingerprint density at radius 2 is 1.69 bits per heavy atom. The van der Waals surface area contributed by atoms with Crippen LogP contribution in [-0.4, -0.2) is 62.9 Å². The maximum absolute atomic E-state index is 14.0. The highest BCUT2D eigenvalue weighted by molar-refractivity contribution is 7.88. The van der Waals surface area contributed by atoms with Gasteiger partial charge < -0.3 is 10.1 Å². The number of nitrogens with zero attached hydrogens (tertiary/aromatic N) is 2. The van der Waals surface area contributed by atoms with E-state index in [0.717, 1.165) is 38.4 Å². The summed E-state index contributed by atoms with van der Waals surface area (Å²) in [6.45, 7) is 5.19. The molecule has 1 N–H and O–H groups in total. The van der Waals surface area contributed by atoms with Gasteiger partial charge in [-0.15, -0.1) is 0 Å². The Kier molecular flexibility index (Phi) is 8.77. The van der Waals surface area contributed by atoms with Crippen LogP contribution in [0.2, 0.25) is 5.02 Å². The van der Waals surface area contributed by atoms with Gasteiger partial charge in [-0.1, -0.05) is 41.9 Å². The van der Waals surface area contributed by atoms with Crippen molar-refractivity contribution in [3.05, 3.63) is 70.0 Å². The quantitative estimate of drug-likeness (QED) is 0.575. The van der Waals surface area contributed by atoms with Crippen molar-refractivity contribution in [1.29, 1.82) is 0 Å². The molecule has 2 aromatic rings. The second-order valence-electron chi connectivity index (χ2n) is 9.05. The molecule has 1 amide bonds. The lowest BCUT2D eigenvalue weighted by atomic mass is 9.97. The number of ether oxygens (including phenoxy) is 1. The van der Waals surface area contributed by atoms with Crippen LogP contribution in [0.5, 0.6) is 0 Å². The van der Waals surface area contributed by atoms with Crippen LogP contribution in [0.3, 0.4) is 0 Å². The average Bonchev–Trinajstić information content (AvgIpc) is 2.86. The van der Waals surface area contributed by atoms with Crippen molar-refractivity contribution < 1.29 is 22.3 Å². The molecule has 0 atom stereocenters. The number of piperidine rings is 1. The number of carbonyl (C=O) groups is 1. The minimum Gasteiger partial charge on any atom is -0.379 e. The number of nitrogens with one attached hydrogen (secondary N) is 1. The number of carbonyl (C=O) groups excluding carboxylic acids is 1. The SMILES string of the molecule is O=C(NCc1ccc(CN2CCOCC2)cc1)C1CCN(S(=O)(=O)Cc2c(F)cccc2Cl)CC1. The van der Waals surface area contributed by atoms with Crippen molar-refractivity contribution in [2.45, 2.75) is 31.7 Å². The summed E-state index contributed by atoms with van der Waals surface area (Å²) in [5.74, 6) is -1.45. The van der Waals surface area contributed by atoms with Crippen molar-refractivity contribution in [2.75, 3.05) is 39.4 Å². The summed E-state index contributed by atoms with van der Waals surface area (Å²) in [6.07, 6.45) is 0.850. The van der Waals surface area contributed by atoms with Crippen molar-refractivity contribution in [3.63, 3.8) is 0 Å². The van der Waals surface area contributed by atoms with Crippen molar-refractivity contribution in [1.82, 2.24) is 14.5 Å². The van der Waals surface area contributed by atoms with Gasteiger partial charge in [-0.05, 0) is 36.1 Å². The smallest absolute Gasteiger partial charge is 0.223 e. The fourth-order valence-corrected chi connectivity index (χ4v) is 6.37. The predicted molar refractivity (Wildman–Crippen MR) is 133 cm³/mol. The second kappa shape index (κ2) is 11.8. The number of morpholine rings is 1. The summed E-state index contributed by atoms with van der Waals surface area (Å²) in [5.41, 5.74) is 2.23. The van der Waals surface area contributed by atoms with Crippen LogP contribution >= 0.6 is 11.6 Å². The molecule has 2 aromatic carbocycles. The first-order chi connectivity index (χ1) is 16.8. The molecule has 2 fully saturated rings. The zero-order valence-corrected chi connectivity index (χ0v) is 21.2. The Hall–Kier alpha value is -2.04. The Morgan fingerprint density at radius 1 is 1.03 bits per heavy atom. The minimum atomic E-state index is -3.73. The fourth-order valence-electron chi connectivity index (χ4n) is 4.45. The van der Waals surface area contributed by atoms with E-state index in [-0.39, 0.29) is 35.5 Å². The van der Waals surface area contributed by atoms with Crippen LogP contribution in [0.15, 0.2) is 42.5 Å². The van der Waals surface area contributed by atoms with E-state index in [0.29, 0.717) is 19.4 Å². The molecule has 0 aliphatic carbocycles. The Bertz CT molecular complexity index is 1100. The first-order valence-electron chi connectivity index (χ1n) is 11.9. The predicted octanol–water partition coefficient (Wildman–Crippen LogP) is 3.17. The maximum Gasteiger partial charge on any atom is 0.223 e. The number of rotatable bonds is 8. The van der Waals surface area contributed by atoms with Gasteiger partial charge in [0.05, 0.1) is 19.0 Å². The summed E-state index contributed by atoms with van der Waals surface area (Å²) in [5, 5.41) is 3.07. The van der Waals surface area contributed by atoms with Crippen LogP contribution in [-0.2, 0) is 38.4 Å². The zero-order valence-electron chi connectivity index (χ0n) is 19.6. The van der Waals surface area contributed by atoms with Crippen molar-refractivity contribution in [2.24, 2.45) is 5.92 Å². The fraction of sp³-hybridized carbons (Fsp3) is 0.480. The van der Waals surface area contributed by atoms with E-state index in [1.54, 1.807) is 0 Å². The lowest BCUT2D eigenvalue weighted by Crippen LogP contribution is -2.43. The van der Waals surface area contributed by atoms with Gasteiger partial charge in [-0.25, -0.2) is 17.1 Å². The molecule has 0 saturated carbocycles. The normalized spacial score (nSPS) is 18.5. The molecule has 2 aliphatic rings. The van der Waals surface area contributed by atoms with Crippen LogP contribution in [0.4, 0.5) is 4.39 Å². The summed E-state index contributed by atoms with van der Waals surface area (Å²) in [6, 6.07) is 12.3. The lowest BCUT2D eigenvalue weighted by molar-refractivity contribution is -0.126. The monoisotopic (exact) mass is 523 g/mol. The van der Waals surface area contributed by atoms with E-state index in [9.17, 15) is 17.6 Å². The molecule has 4 rings (SSSR count). The minimum absolute atomic E-state index is 0.0232. The third kappa shape index (κ3) is 7.01. The molecule has 0 aromatic heterocycles. The summed E-state index contributed by atoms with van der Waals surface area (Å²) in [7, 11) is -3.73. The number of hydrogen-bond donors (Lipinski definition) is 1. The average molecular weight is 524 g/mol.